The van der Waals surface area contributed by atoms with Gasteiger partial charge in [0, 0.05) is 5.02 Å². The van der Waals surface area contributed by atoms with Crippen molar-refractivity contribution in [2.75, 3.05) is 0 Å². The Morgan fingerprint density at radius 2 is 1.81 bits per heavy atom. The summed E-state index contributed by atoms with van der Waals surface area (Å²) in [6, 6.07) is 14.8. The monoisotopic (exact) mass is 230 g/mol. The van der Waals surface area contributed by atoms with Gasteiger partial charge in [-0.15, -0.1) is 0 Å². The lowest BCUT2D eigenvalue weighted by molar-refractivity contribution is 1.14. The van der Waals surface area contributed by atoms with Crippen molar-refractivity contribution < 1.29 is 0 Å². The van der Waals surface area contributed by atoms with E-state index in [4.69, 9.17) is 11.6 Å². The first-order chi connectivity index (χ1) is 7.69. The smallest absolute Gasteiger partial charge is 0.0414 e. The number of halogens is 1. The molecule has 0 saturated carbocycles. The summed E-state index contributed by atoms with van der Waals surface area (Å²) in [6.45, 7) is 4.25. The fraction of sp³-hybridized carbons (Fsp3) is 0.200. The summed E-state index contributed by atoms with van der Waals surface area (Å²) in [5.74, 6) is 0. The predicted molar refractivity (Wildman–Crippen MR) is 71.0 cm³/mol. The Morgan fingerprint density at radius 3 is 2.50 bits per heavy atom. The summed E-state index contributed by atoms with van der Waals surface area (Å²) >= 11 is 6.12. The Labute approximate surface area is 102 Å². The lowest BCUT2D eigenvalue weighted by Gasteiger charge is -2.06. The first-order valence-electron chi connectivity index (χ1n) is 5.55. The first-order valence-corrected chi connectivity index (χ1v) is 5.93. The first kappa shape index (κ1) is 11.2. The van der Waals surface area contributed by atoms with Gasteiger partial charge in [0.2, 0.25) is 0 Å². The molecule has 0 bridgehead atoms. The molecule has 0 aliphatic carbocycles. The van der Waals surface area contributed by atoms with Gasteiger partial charge in [-0.1, -0.05) is 54.4 Å². The van der Waals surface area contributed by atoms with Crippen molar-refractivity contribution in [1.82, 2.24) is 0 Å². The Morgan fingerprint density at radius 1 is 1.00 bits per heavy atom. The average molecular weight is 231 g/mol. The van der Waals surface area contributed by atoms with Crippen LogP contribution >= 0.6 is 11.6 Å². The van der Waals surface area contributed by atoms with Gasteiger partial charge in [-0.3, -0.25) is 0 Å². The lowest BCUT2D eigenvalue weighted by atomic mass is 10.0. The summed E-state index contributed by atoms with van der Waals surface area (Å²) in [4.78, 5) is 0. The summed E-state index contributed by atoms with van der Waals surface area (Å²) < 4.78 is 0. The number of hydrogen-bond donors (Lipinski definition) is 0. The number of benzene rings is 2. The molecule has 0 radical (unpaired) electrons. The molecular formula is C15H15Cl. The molecule has 2 aromatic carbocycles. The van der Waals surface area contributed by atoms with Crippen LogP contribution in [0.25, 0.3) is 11.1 Å². The molecule has 0 heterocycles. The van der Waals surface area contributed by atoms with Crippen LogP contribution in [0.4, 0.5) is 0 Å². The molecule has 0 unspecified atom stereocenters. The number of hydrogen-bond acceptors (Lipinski definition) is 0. The molecule has 0 aliphatic rings. The third-order valence-electron chi connectivity index (χ3n) is 2.72. The van der Waals surface area contributed by atoms with Crippen LogP contribution in [0.5, 0.6) is 0 Å². The zero-order chi connectivity index (χ0) is 11.5. The third-order valence-corrected chi connectivity index (χ3v) is 2.94. The van der Waals surface area contributed by atoms with Crippen LogP contribution in [0, 0.1) is 6.92 Å². The summed E-state index contributed by atoms with van der Waals surface area (Å²) in [6.07, 6.45) is 1.01. The fourth-order valence-corrected chi connectivity index (χ4v) is 2.10. The highest BCUT2D eigenvalue weighted by molar-refractivity contribution is 6.31. The predicted octanol–water partition coefficient (Wildman–Crippen LogP) is 4.88. The van der Waals surface area contributed by atoms with Crippen molar-refractivity contribution in [2.24, 2.45) is 0 Å². The standard InChI is InChI=1S/C15H15Cl/c1-3-12-8-14(10-15(16)9-12)13-6-4-5-11(2)7-13/h4-10H,3H2,1-2H3. The molecule has 0 nitrogen and oxygen atoms in total. The minimum atomic E-state index is 0.816. The fourth-order valence-electron chi connectivity index (χ4n) is 1.85. The van der Waals surface area contributed by atoms with Gasteiger partial charge in [0.15, 0.2) is 0 Å². The van der Waals surface area contributed by atoms with Crippen LogP contribution in [-0.4, -0.2) is 0 Å². The molecule has 2 aromatic rings. The maximum atomic E-state index is 6.12. The Bertz CT molecular complexity index is 501. The molecule has 1 heteroatoms. The van der Waals surface area contributed by atoms with Gasteiger partial charge in [-0.05, 0) is 42.2 Å². The zero-order valence-electron chi connectivity index (χ0n) is 9.63. The normalized spacial score (nSPS) is 10.4. The van der Waals surface area contributed by atoms with Crippen LogP contribution in [0.15, 0.2) is 42.5 Å². The van der Waals surface area contributed by atoms with Gasteiger partial charge in [0.25, 0.3) is 0 Å². The molecule has 0 spiro atoms. The van der Waals surface area contributed by atoms with E-state index in [1.54, 1.807) is 0 Å². The molecule has 2 rings (SSSR count). The molecule has 0 aliphatic heterocycles. The molecular weight excluding hydrogens is 216 g/mol. The van der Waals surface area contributed by atoms with Gasteiger partial charge < -0.3 is 0 Å². The zero-order valence-corrected chi connectivity index (χ0v) is 10.4. The van der Waals surface area contributed by atoms with Crippen molar-refractivity contribution in [1.29, 1.82) is 0 Å². The van der Waals surface area contributed by atoms with Crippen LogP contribution in [0.1, 0.15) is 18.1 Å². The highest BCUT2D eigenvalue weighted by Gasteiger charge is 2.01. The second kappa shape index (κ2) is 4.71. The Balaban J connectivity index is 2.51. The number of rotatable bonds is 2. The van der Waals surface area contributed by atoms with E-state index in [-0.39, 0.29) is 0 Å². The minimum absolute atomic E-state index is 0.816. The van der Waals surface area contributed by atoms with Crippen molar-refractivity contribution in [3.63, 3.8) is 0 Å². The van der Waals surface area contributed by atoms with E-state index >= 15 is 0 Å². The molecule has 16 heavy (non-hydrogen) atoms. The minimum Gasteiger partial charge on any atom is -0.0843 e. The third kappa shape index (κ3) is 2.45. The topological polar surface area (TPSA) is 0 Å². The van der Waals surface area contributed by atoms with E-state index in [2.05, 4.69) is 44.2 Å². The van der Waals surface area contributed by atoms with E-state index in [1.165, 1.54) is 22.3 Å². The van der Waals surface area contributed by atoms with Crippen molar-refractivity contribution in [3.8, 4) is 11.1 Å². The van der Waals surface area contributed by atoms with Crippen molar-refractivity contribution in [3.05, 3.63) is 58.6 Å². The second-order valence-electron chi connectivity index (χ2n) is 4.07. The van der Waals surface area contributed by atoms with Crippen LogP contribution in [0.3, 0.4) is 0 Å². The SMILES string of the molecule is CCc1cc(Cl)cc(-c2cccc(C)c2)c1. The van der Waals surface area contributed by atoms with Crippen LogP contribution in [-0.2, 0) is 6.42 Å². The van der Waals surface area contributed by atoms with E-state index < -0.39 is 0 Å². The Kier molecular flexibility index (Phi) is 3.31. The van der Waals surface area contributed by atoms with Gasteiger partial charge in [-0.25, -0.2) is 0 Å². The van der Waals surface area contributed by atoms with Crippen molar-refractivity contribution in [2.45, 2.75) is 20.3 Å². The highest BCUT2D eigenvalue weighted by atomic mass is 35.5. The summed E-state index contributed by atoms with van der Waals surface area (Å²) in [5.41, 5.74) is 4.99. The van der Waals surface area contributed by atoms with Crippen LogP contribution < -0.4 is 0 Å². The van der Waals surface area contributed by atoms with Gasteiger partial charge in [-0.2, -0.15) is 0 Å². The average Bonchev–Trinajstić information content (AvgIpc) is 2.28. The highest BCUT2D eigenvalue weighted by Crippen LogP contribution is 2.25. The van der Waals surface area contributed by atoms with E-state index in [0.717, 1.165) is 11.4 Å². The summed E-state index contributed by atoms with van der Waals surface area (Å²) in [7, 11) is 0. The van der Waals surface area contributed by atoms with E-state index in [0.29, 0.717) is 0 Å². The number of aryl methyl sites for hydroxylation is 2. The van der Waals surface area contributed by atoms with Gasteiger partial charge >= 0.3 is 0 Å². The largest absolute Gasteiger partial charge is 0.0843 e. The molecule has 82 valence electrons. The molecule has 0 atom stereocenters. The molecule has 0 N–H and O–H groups in total. The van der Waals surface area contributed by atoms with Crippen molar-refractivity contribution >= 4 is 11.6 Å². The summed E-state index contributed by atoms with van der Waals surface area (Å²) in [5, 5.41) is 0.816. The van der Waals surface area contributed by atoms with Crippen LogP contribution in [0.2, 0.25) is 5.02 Å². The van der Waals surface area contributed by atoms with Gasteiger partial charge in [0.1, 0.15) is 0 Å². The molecule has 0 aromatic heterocycles. The second-order valence-corrected chi connectivity index (χ2v) is 4.51. The van der Waals surface area contributed by atoms with E-state index in [1.807, 2.05) is 12.1 Å². The van der Waals surface area contributed by atoms with Gasteiger partial charge in [0.05, 0.1) is 0 Å². The lowest BCUT2D eigenvalue weighted by Crippen LogP contribution is -1.84. The molecule has 0 fully saturated rings. The quantitative estimate of drug-likeness (QED) is 0.690. The Hall–Kier alpha value is -1.27. The molecule has 0 amide bonds. The molecule has 0 saturated heterocycles. The van der Waals surface area contributed by atoms with E-state index in [9.17, 15) is 0 Å². The maximum absolute atomic E-state index is 6.12. The maximum Gasteiger partial charge on any atom is 0.0414 e.